The van der Waals surface area contributed by atoms with Gasteiger partial charge in [0.2, 0.25) is 5.91 Å². The lowest BCUT2D eigenvalue weighted by molar-refractivity contribution is -0.127. The molecule has 0 bridgehead atoms. The smallest absolute Gasteiger partial charge is 0.224 e. The molecule has 1 aliphatic heterocycles. The normalized spacial score (nSPS) is 19.1. The van der Waals surface area contributed by atoms with E-state index < -0.39 is 0 Å². The summed E-state index contributed by atoms with van der Waals surface area (Å²) in [5.41, 5.74) is 2.00. The third-order valence-electron chi connectivity index (χ3n) is 4.96. The van der Waals surface area contributed by atoms with Gasteiger partial charge in [0, 0.05) is 18.1 Å². The molecule has 0 aliphatic carbocycles. The van der Waals surface area contributed by atoms with Gasteiger partial charge in [-0.05, 0) is 55.6 Å². The first-order valence-corrected chi connectivity index (χ1v) is 9.42. The molecule has 0 aromatic heterocycles. The first-order chi connectivity index (χ1) is 12.5. The van der Waals surface area contributed by atoms with Gasteiger partial charge < -0.3 is 5.32 Å². The highest BCUT2D eigenvalue weighted by Gasteiger charge is 2.27. The van der Waals surface area contributed by atoms with Crippen LogP contribution >= 0.6 is 11.6 Å². The maximum atomic E-state index is 13.1. The Morgan fingerprint density at radius 3 is 2.73 bits per heavy atom. The van der Waals surface area contributed by atoms with E-state index in [2.05, 4.69) is 10.2 Å². The van der Waals surface area contributed by atoms with Crippen LogP contribution in [0.4, 0.5) is 4.39 Å². The Balaban J connectivity index is 1.57. The van der Waals surface area contributed by atoms with Crippen molar-refractivity contribution in [3.8, 4) is 0 Å². The number of amides is 1. The molecule has 3 nitrogen and oxygen atoms in total. The lowest BCUT2D eigenvalue weighted by Crippen LogP contribution is -2.43. The van der Waals surface area contributed by atoms with E-state index in [4.69, 9.17) is 11.6 Å². The van der Waals surface area contributed by atoms with Gasteiger partial charge in [-0.1, -0.05) is 41.9 Å². The number of benzene rings is 2. The zero-order valence-corrected chi connectivity index (χ0v) is 15.7. The molecule has 2 aromatic rings. The summed E-state index contributed by atoms with van der Waals surface area (Å²) in [7, 11) is 0. The minimum absolute atomic E-state index is 0.0332. The van der Waals surface area contributed by atoms with E-state index in [0.717, 1.165) is 48.6 Å². The molecule has 26 heavy (non-hydrogen) atoms. The van der Waals surface area contributed by atoms with Gasteiger partial charge in [-0.2, -0.15) is 0 Å². The van der Waals surface area contributed by atoms with Gasteiger partial charge in [0.15, 0.2) is 0 Å². The summed E-state index contributed by atoms with van der Waals surface area (Å²) < 4.78 is 13.1. The summed E-state index contributed by atoms with van der Waals surface area (Å²) in [5.74, 6) is -0.241. The van der Waals surface area contributed by atoms with Crippen molar-refractivity contribution in [2.45, 2.75) is 32.4 Å². The molecule has 1 heterocycles. The van der Waals surface area contributed by atoms with Crippen LogP contribution in [0, 0.1) is 11.7 Å². The predicted octanol–water partition coefficient (Wildman–Crippen LogP) is 4.57. The standard InChI is InChI=1S/C21H24ClFN2O/c1-15(16-8-10-19(23)11-9-16)24-21(26)18-6-4-12-25(14-18)13-17-5-2-3-7-20(17)22/h2-3,5,7-11,15,18H,4,6,12-14H2,1H3,(H,24,26)/t15-,18-/m0/s1. The fourth-order valence-corrected chi connectivity index (χ4v) is 3.64. The Hall–Kier alpha value is -1.91. The minimum atomic E-state index is -0.269. The third-order valence-corrected chi connectivity index (χ3v) is 5.33. The summed E-state index contributed by atoms with van der Waals surface area (Å²) >= 11 is 6.26. The molecule has 138 valence electrons. The van der Waals surface area contributed by atoms with Gasteiger partial charge >= 0.3 is 0 Å². The van der Waals surface area contributed by atoms with Crippen molar-refractivity contribution in [1.29, 1.82) is 0 Å². The maximum absolute atomic E-state index is 13.1. The topological polar surface area (TPSA) is 32.3 Å². The van der Waals surface area contributed by atoms with E-state index in [1.54, 1.807) is 12.1 Å². The summed E-state index contributed by atoms with van der Waals surface area (Å²) in [5, 5.41) is 3.83. The van der Waals surface area contributed by atoms with Crippen molar-refractivity contribution in [1.82, 2.24) is 10.2 Å². The largest absolute Gasteiger partial charge is 0.349 e. The lowest BCUT2D eigenvalue weighted by Gasteiger charge is -2.32. The number of nitrogens with one attached hydrogen (secondary N) is 1. The van der Waals surface area contributed by atoms with E-state index in [9.17, 15) is 9.18 Å². The number of hydrogen-bond acceptors (Lipinski definition) is 2. The lowest BCUT2D eigenvalue weighted by atomic mass is 9.96. The maximum Gasteiger partial charge on any atom is 0.224 e. The third kappa shape index (κ3) is 4.83. The van der Waals surface area contributed by atoms with Gasteiger partial charge in [-0.25, -0.2) is 4.39 Å². The molecule has 1 saturated heterocycles. The van der Waals surface area contributed by atoms with Crippen LogP contribution in [0.25, 0.3) is 0 Å². The quantitative estimate of drug-likeness (QED) is 0.831. The van der Waals surface area contributed by atoms with Crippen molar-refractivity contribution in [3.63, 3.8) is 0 Å². The zero-order chi connectivity index (χ0) is 18.5. The second-order valence-electron chi connectivity index (χ2n) is 6.95. The summed E-state index contributed by atoms with van der Waals surface area (Å²) in [6.45, 7) is 4.39. The summed E-state index contributed by atoms with van der Waals surface area (Å²) in [6.07, 6.45) is 1.88. The van der Waals surface area contributed by atoms with Crippen molar-refractivity contribution >= 4 is 17.5 Å². The molecule has 1 fully saturated rings. The number of carbonyl (C=O) groups is 1. The van der Waals surface area contributed by atoms with E-state index in [0.29, 0.717) is 0 Å². The fraction of sp³-hybridized carbons (Fsp3) is 0.381. The molecule has 0 radical (unpaired) electrons. The molecular weight excluding hydrogens is 351 g/mol. The molecular formula is C21H24ClFN2O. The molecule has 0 saturated carbocycles. The van der Waals surface area contributed by atoms with Crippen LogP contribution < -0.4 is 5.32 Å². The first kappa shape index (κ1) is 18.9. The molecule has 0 spiro atoms. The van der Waals surface area contributed by atoms with Gasteiger partial charge in [0.1, 0.15) is 5.82 Å². The molecule has 2 aromatic carbocycles. The number of likely N-dealkylation sites (tertiary alicyclic amines) is 1. The average molecular weight is 375 g/mol. The number of piperidine rings is 1. The van der Waals surface area contributed by atoms with Crippen LogP contribution in [0.5, 0.6) is 0 Å². The van der Waals surface area contributed by atoms with E-state index in [1.807, 2.05) is 31.2 Å². The highest BCUT2D eigenvalue weighted by atomic mass is 35.5. The molecule has 0 unspecified atom stereocenters. The molecule has 2 atom stereocenters. The fourth-order valence-electron chi connectivity index (χ4n) is 3.45. The van der Waals surface area contributed by atoms with Crippen LogP contribution in [0.15, 0.2) is 48.5 Å². The van der Waals surface area contributed by atoms with Crippen molar-refractivity contribution < 1.29 is 9.18 Å². The summed E-state index contributed by atoms with van der Waals surface area (Å²) in [6, 6.07) is 14.0. The van der Waals surface area contributed by atoms with Crippen molar-refractivity contribution in [2.24, 2.45) is 5.92 Å². The van der Waals surface area contributed by atoms with Gasteiger partial charge in [-0.15, -0.1) is 0 Å². The van der Waals surface area contributed by atoms with Crippen LogP contribution in [-0.4, -0.2) is 23.9 Å². The van der Waals surface area contributed by atoms with Gasteiger partial charge in [0.05, 0.1) is 12.0 Å². The van der Waals surface area contributed by atoms with Gasteiger partial charge in [0.25, 0.3) is 0 Å². The van der Waals surface area contributed by atoms with E-state index >= 15 is 0 Å². The number of halogens is 2. The zero-order valence-electron chi connectivity index (χ0n) is 14.9. The Morgan fingerprint density at radius 2 is 2.00 bits per heavy atom. The van der Waals surface area contributed by atoms with Crippen LogP contribution in [-0.2, 0) is 11.3 Å². The average Bonchev–Trinajstić information content (AvgIpc) is 2.64. The number of nitrogens with zero attached hydrogens (tertiary/aromatic N) is 1. The Morgan fingerprint density at radius 1 is 1.27 bits per heavy atom. The second kappa shape index (κ2) is 8.65. The molecule has 3 rings (SSSR count). The highest BCUT2D eigenvalue weighted by molar-refractivity contribution is 6.31. The SMILES string of the molecule is C[C@H](NC(=O)[C@H]1CCCN(Cc2ccccc2Cl)C1)c1ccc(F)cc1. The Kier molecular flexibility index (Phi) is 6.28. The van der Waals surface area contributed by atoms with E-state index in [1.165, 1.54) is 12.1 Å². The molecule has 1 amide bonds. The van der Waals surface area contributed by atoms with Crippen molar-refractivity contribution in [2.75, 3.05) is 13.1 Å². The summed E-state index contributed by atoms with van der Waals surface area (Å²) in [4.78, 5) is 15.0. The van der Waals surface area contributed by atoms with Crippen LogP contribution in [0.2, 0.25) is 5.02 Å². The van der Waals surface area contributed by atoms with E-state index in [-0.39, 0.29) is 23.7 Å². The molecule has 1 N–H and O–H groups in total. The van der Waals surface area contributed by atoms with Gasteiger partial charge in [-0.3, -0.25) is 9.69 Å². The second-order valence-corrected chi connectivity index (χ2v) is 7.35. The predicted molar refractivity (Wildman–Crippen MR) is 102 cm³/mol. The van der Waals surface area contributed by atoms with Crippen molar-refractivity contribution in [3.05, 3.63) is 70.5 Å². The monoisotopic (exact) mass is 374 g/mol. The number of carbonyl (C=O) groups excluding carboxylic acids is 1. The highest BCUT2D eigenvalue weighted by Crippen LogP contribution is 2.23. The molecule has 1 aliphatic rings. The molecule has 5 heteroatoms. The van der Waals surface area contributed by atoms with Crippen LogP contribution in [0.3, 0.4) is 0 Å². The Labute approximate surface area is 159 Å². The Bertz CT molecular complexity index is 750. The number of hydrogen-bond donors (Lipinski definition) is 1. The minimum Gasteiger partial charge on any atom is -0.349 e. The first-order valence-electron chi connectivity index (χ1n) is 9.04. The van der Waals surface area contributed by atoms with Crippen LogP contribution in [0.1, 0.15) is 36.9 Å². The number of rotatable bonds is 5.